The van der Waals surface area contributed by atoms with Gasteiger partial charge in [0.2, 0.25) is 0 Å². The first-order valence-corrected chi connectivity index (χ1v) is 5.88. The lowest BCUT2D eigenvalue weighted by atomic mass is 10.2. The smallest absolute Gasteiger partial charge is 0.131 e. The first kappa shape index (κ1) is 12.0. The van der Waals surface area contributed by atoms with Crippen molar-refractivity contribution in [3.8, 4) is 0 Å². The molecule has 0 aliphatic carbocycles. The van der Waals surface area contributed by atoms with Crippen LogP contribution in [0.4, 0.5) is 14.5 Å². The van der Waals surface area contributed by atoms with E-state index in [0.717, 1.165) is 10.2 Å². The van der Waals surface area contributed by atoms with E-state index in [9.17, 15) is 8.78 Å². The Hall–Kier alpha value is -1.42. The molecule has 0 amide bonds. The van der Waals surface area contributed by atoms with Gasteiger partial charge >= 0.3 is 0 Å². The minimum Gasteiger partial charge on any atom is -0.381 e. The SMILES string of the molecule is Fc1cccc(F)c1CNc1cccc(Br)c1. The Labute approximate surface area is 107 Å². The highest BCUT2D eigenvalue weighted by molar-refractivity contribution is 9.10. The molecule has 2 aromatic rings. The van der Waals surface area contributed by atoms with E-state index in [1.807, 2.05) is 24.3 Å². The van der Waals surface area contributed by atoms with Crippen LogP contribution < -0.4 is 5.32 Å². The van der Waals surface area contributed by atoms with Crippen molar-refractivity contribution in [3.05, 3.63) is 64.1 Å². The Morgan fingerprint density at radius 2 is 1.65 bits per heavy atom. The molecule has 0 heterocycles. The average molecular weight is 298 g/mol. The molecule has 0 saturated carbocycles. The molecule has 0 aliphatic rings. The Morgan fingerprint density at radius 1 is 1.00 bits per heavy atom. The summed E-state index contributed by atoms with van der Waals surface area (Å²) < 4.78 is 27.6. The zero-order valence-corrected chi connectivity index (χ0v) is 10.5. The molecular formula is C13H10BrF2N. The molecule has 88 valence electrons. The van der Waals surface area contributed by atoms with E-state index in [2.05, 4.69) is 21.2 Å². The second-order valence-corrected chi connectivity index (χ2v) is 4.48. The van der Waals surface area contributed by atoms with Crippen molar-refractivity contribution in [2.75, 3.05) is 5.32 Å². The third-order valence-electron chi connectivity index (χ3n) is 2.36. The number of halogens is 3. The van der Waals surface area contributed by atoms with Crippen LogP contribution in [0.25, 0.3) is 0 Å². The van der Waals surface area contributed by atoms with E-state index in [1.54, 1.807) is 0 Å². The number of anilines is 1. The molecule has 17 heavy (non-hydrogen) atoms. The van der Waals surface area contributed by atoms with Crippen molar-refractivity contribution < 1.29 is 8.78 Å². The van der Waals surface area contributed by atoms with Gasteiger partial charge in [-0.3, -0.25) is 0 Å². The Kier molecular flexibility index (Phi) is 3.74. The molecule has 0 atom stereocenters. The minimum atomic E-state index is -0.535. The summed E-state index contributed by atoms with van der Waals surface area (Å²) >= 11 is 3.33. The van der Waals surface area contributed by atoms with Crippen molar-refractivity contribution in [2.24, 2.45) is 0 Å². The highest BCUT2D eigenvalue weighted by Gasteiger charge is 2.07. The number of rotatable bonds is 3. The van der Waals surface area contributed by atoms with Gasteiger partial charge in [-0.15, -0.1) is 0 Å². The van der Waals surface area contributed by atoms with E-state index < -0.39 is 11.6 Å². The van der Waals surface area contributed by atoms with Gasteiger partial charge in [0.15, 0.2) is 0 Å². The second-order valence-electron chi connectivity index (χ2n) is 3.56. The average Bonchev–Trinajstić information content (AvgIpc) is 2.28. The van der Waals surface area contributed by atoms with Crippen LogP contribution in [0.1, 0.15) is 5.56 Å². The van der Waals surface area contributed by atoms with Crippen LogP contribution in [-0.4, -0.2) is 0 Å². The van der Waals surface area contributed by atoms with Crippen LogP contribution >= 0.6 is 15.9 Å². The van der Waals surface area contributed by atoms with Crippen LogP contribution in [0.2, 0.25) is 0 Å². The van der Waals surface area contributed by atoms with Gasteiger partial charge in [-0.25, -0.2) is 8.78 Å². The van der Waals surface area contributed by atoms with E-state index in [-0.39, 0.29) is 12.1 Å². The molecule has 2 rings (SSSR count). The molecule has 0 saturated heterocycles. The highest BCUT2D eigenvalue weighted by Crippen LogP contribution is 2.18. The van der Waals surface area contributed by atoms with E-state index >= 15 is 0 Å². The standard InChI is InChI=1S/C13H10BrF2N/c14-9-3-1-4-10(7-9)17-8-11-12(15)5-2-6-13(11)16/h1-7,17H,8H2. The zero-order valence-electron chi connectivity index (χ0n) is 8.88. The maximum Gasteiger partial charge on any atom is 0.131 e. The van der Waals surface area contributed by atoms with Crippen molar-refractivity contribution in [1.29, 1.82) is 0 Å². The van der Waals surface area contributed by atoms with Crippen molar-refractivity contribution >= 4 is 21.6 Å². The van der Waals surface area contributed by atoms with Gasteiger partial charge in [-0.05, 0) is 30.3 Å². The van der Waals surface area contributed by atoms with Crippen LogP contribution in [0.5, 0.6) is 0 Å². The van der Waals surface area contributed by atoms with Crippen LogP contribution in [0.15, 0.2) is 46.9 Å². The van der Waals surface area contributed by atoms with Gasteiger partial charge in [0.05, 0.1) is 0 Å². The number of hydrogen-bond acceptors (Lipinski definition) is 1. The largest absolute Gasteiger partial charge is 0.381 e. The fourth-order valence-corrected chi connectivity index (χ4v) is 1.89. The number of nitrogens with one attached hydrogen (secondary N) is 1. The van der Waals surface area contributed by atoms with Crippen LogP contribution in [0.3, 0.4) is 0 Å². The fraction of sp³-hybridized carbons (Fsp3) is 0.0769. The van der Waals surface area contributed by atoms with Gasteiger partial charge in [-0.2, -0.15) is 0 Å². The molecule has 2 aromatic carbocycles. The molecule has 0 aromatic heterocycles. The van der Waals surface area contributed by atoms with Crippen molar-refractivity contribution in [2.45, 2.75) is 6.54 Å². The van der Waals surface area contributed by atoms with Gasteiger partial charge in [0, 0.05) is 22.3 Å². The topological polar surface area (TPSA) is 12.0 Å². The molecule has 0 bridgehead atoms. The van der Waals surface area contributed by atoms with E-state index in [0.29, 0.717) is 0 Å². The minimum absolute atomic E-state index is 0.0486. The summed E-state index contributed by atoms with van der Waals surface area (Å²) in [6.45, 7) is 0.120. The summed E-state index contributed by atoms with van der Waals surface area (Å²) in [4.78, 5) is 0. The number of hydrogen-bond donors (Lipinski definition) is 1. The highest BCUT2D eigenvalue weighted by atomic mass is 79.9. The quantitative estimate of drug-likeness (QED) is 0.889. The van der Waals surface area contributed by atoms with Gasteiger partial charge in [0.1, 0.15) is 11.6 Å². The Balaban J connectivity index is 2.13. The normalized spacial score (nSPS) is 10.3. The van der Waals surface area contributed by atoms with Gasteiger partial charge < -0.3 is 5.32 Å². The van der Waals surface area contributed by atoms with Crippen molar-refractivity contribution in [1.82, 2.24) is 0 Å². The molecule has 1 N–H and O–H groups in total. The van der Waals surface area contributed by atoms with Gasteiger partial charge in [0.25, 0.3) is 0 Å². The third-order valence-corrected chi connectivity index (χ3v) is 2.85. The molecule has 0 radical (unpaired) electrons. The van der Waals surface area contributed by atoms with E-state index in [1.165, 1.54) is 18.2 Å². The summed E-state index contributed by atoms with van der Waals surface area (Å²) in [5, 5.41) is 2.97. The third kappa shape index (κ3) is 3.03. The van der Waals surface area contributed by atoms with Crippen LogP contribution in [-0.2, 0) is 6.54 Å². The summed E-state index contributed by atoms with van der Waals surface area (Å²) in [7, 11) is 0. The van der Waals surface area contributed by atoms with E-state index in [4.69, 9.17) is 0 Å². The van der Waals surface area contributed by atoms with Crippen LogP contribution in [0, 0.1) is 11.6 Å². The monoisotopic (exact) mass is 297 g/mol. The Morgan fingerprint density at radius 3 is 2.29 bits per heavy atom. The lowest BCUT2D eigenvalue weighted by Gasteiger charge is -2.08. The molecule has 0 unspecified atom stereocenters. The molecule has 0 fully saturated rings. The second kappa shape index (κ2) is 5.27. The summed E-state index contributed by atoms with van der Waals surface area (Å²) in [5.41, 5.74) is 0.856. The lowest BCUT2D eigenvalue weighted by Crippen LogP contribution is -2.04. The molecule has 0 spiro atoms. The predicted molar refractivity (Wildman–Crippen MR) is 67.8 cm³/mol. The molecule has 0 aliphatic heterocycles. The number of benzene rings is 2. The summed E-state index contributed by atoms with van der Waals surface area (Å²) in [6, 6.07) is 11.3. The van der Waals surface area contributed by atoms with Crippen molar-refractivity contribution in [3.63, 3.8) is 0 Å². The maximum atomic E-state index is 13.3. The molecule has 4 heteroatoms. The lowest BCUT2D eigenvalue weighted by molar-refractivity contribution is 0.560. The predicted octanol–water partition coefficient (Wildman–Crippen LogP) is 4.34. The maximum absolute atomic E-state index is 13.3. The zero-order chi connectivity index (χ0) is 12.3. The molecule has 1 nitrogen and oxygen atoms in total. The summed E-state index contributed by atoms with van der Waals surface area (Å²) in [5.74, 6) is -1.07. The summed E-state index contributed by atoms with van der Waals surface area (Å²) in [6.07, 6.45) is 0. The molecular weight excluding hydrogens is 288 g/mol. The first-order valence-electron chi connectivity index (χ1n) is 5.09. The fourth-order valence-electron chi connectivity index (χ4n) is 1.49. The Bertz CT molecular complexity index is 508. The van der Waals surface area contributed by atoms with Gasteiger partial charge in [-0.1, -0.05) is 28.1 Å². The first-order chi connectivity index (χ1) is 8.16.